The molecule has 0 bridgehead atoms. The summed E-state index contributed by atoms with van der Waals surface area (Å²) >= 11 is 1.39. The van der Waals surface area contributed by atoms with Crippen molar-refractivity contribution >= 4 is 40.1 Å². The van der Waals surface area contributed by atoms with E-state index in [1.165, 1.54) is 18.0 Å². The number of hydrogen-bond donors (Lipinski definition) is 3. The van der Waals surface area contributed by atoms with Gasteiger partial charge < -0.3 is 11.1 Å². The number of anilines is 2. The fourth-order valence-corrected chi connectivity index (χ4v) is 2.23. The molecule has 8 heteroatoms. The lowest BCUT2D eigenvalue weighted by Gasteiger charge is -2.09. The number of nitrogens with two attached hydrogens (primary N) is 1. The Balaban J connectivity index is 2.00. The first-order valence-corrected chi connectivity index (χ1v) is 7.31. The molecule has 0 spiro atoms. The van der Waals surface area contributed by atoms with Crippen molar-refractivity contribution in [2.24, 2.45) is 5.73 Å². The predicted molar refractivity (Wildman–Crippen MR) is 81.7 cm³/mol. The number of benzene rings is 1. The smallest absolute Gasteiger partial charge is 0.254 e. The van der Waals surface area contributed by atoms with Gasteiger partial charge in [0.25, 0.3) is 5.91 Å². The lowest BCUT2D eigenvalue weighted by atomic mass is 10.2. The van der Waals surface area contributed by atoms with Crippen molar-refractivity contribution in [1.82, 2.24) is 20.2 Å². The summed E-state index contributed by atoms with van der Waals surface area (Å²) in [5.41, 5.74) is 7.27. The van der Waals surface area contributed by atoms with Crippen molar-refractivity contribution in [2.75, 3.05) is 11.6 Å². The Morgan fingerprint density at radius 1 is 1.38 bits per heavy atom. The quantitative estimate of drug-likeness (QED) is 0.501. The van der Waals surface area contributed by atoms with Crippen LogP contribution in [0.5, 0.6) is 0 Å². The van der Waals surface area contributed by atoms with Crippen LogP contribution < -0.4 is 11.1 Å². The molecule has 0 saturated heterocycles. The molecule has 2 aromatic heterocycles. The zero-order chi connectivity index (χ0) is 14.8. The Morgan fingerprint density at radius 3 is 3.00 bits per heavy atom. The van der Waals surface area contributed by atoms with Crippen LogP contribution in [0.3, 0.4) is 0 Å². The number of aromatic nitrogens is 4. The topological polar surface area (TPSA) is 110 Å². The molecular weight excluding hydrogens is 288 g/mol. The number of hydrogen-bond acceptors (Lipinski definition) is 6. The van der Waals surface area contributed by atoms with Crippen molar-refractivity contribution in [1.29, 1.82) is 0 Å². The fourth-order valence-electron chi connectivity index (χ4n) is 1.89. The second kappa shape index (κ2) is 5.41. The average molecular weight is 300 g/mol. The van der Waals surface area contributed by atoms with Gasteiger partial charge in [-0.15, -0.1) is 0 Å². The lowest BCUT2D eigenvalue weighted by molar-refractivity contribution is 0.100. The molecule has 0 aliphatic heterocycles. The van der Waals surface area contributed by atoms with E-state index < -0.39 is 5.91 Å². The highest BCUT2D eigenvalue weighted by molar-refractivity contribution is 7.98. The number of H-pyrrole nitrogens is 1. The van der Waals surface area contributed by atoms with Gasteiger partial charge in [0.15, 0.2) is 5.16 Å². The standard InChI is InChI=1S/C13H12N6OS/c1-21-13-15-6-9(11(14)20)12(18-13)17-8-3-2-7-5-16-19-10(7)4-8/h2-6H,1H3,(H2,14,20)(H,16,19)(H,15,17,18). The number of nitrogens with zero attached hydrogens (tertiary/aromatic N) is 3. The zero-order valence-corrected chi connectivity index (χ0v) is 11.9. The Kier molecular flexibility index (Phi) is 3.44. The highest BCUT2D eigenvalue weighted by Crippen LogP contribution is 2.23. The van der Waals surface area contributed by atoms with E-state index in [0.717, 1.165) is 16.6 Å². The number of aromatic amines is 1. The number of primary amides is 1. The third-order valence-electron chi connectivity index (χ3n) is 2.92. The first-order chi connectivity index (χ1) is 10.2. The van der Waals surface area contributed by atoms with Gasteiger partial charge in [-0.05, 0) is 24.5 Å². The summed E-state index contributed by atoms with van der Waals surface area (Å²) in [6.45, 7) is 0. The number of nitrogens with one attached hydrogen (secondary N) is 2. The summed E-state index contributed by atoms with van der Waals surface area (Å²) < 4.78 is 0. The molecule has 0 aliphatic rings. The van der Waals surface area contributed by atoms with Crippen molar-refractivity contribution < 1.29 is 4.79 Å². The van der Waals surface area contributed by atoms with Crippen LogP contribution in [-0.2, 0) is 0 Å². The molecule has 106 valence electrons. The van der Waals surface area contributed by atoms with Crippen LogP contribution >= 0.6 is 11.8 Å². The fraction of sp³-hybridized carbons (Fsp3) is 0.0769. The largest absolute Gasteiger partial charge is 0.365 e. The number of thioether (sulfide) groups is 1. The van der Waals surface area contributed by atoms with Gasteiger partial charge in [-0.1, -0.05) is 11.8 Å². The molecule has 1 aromatic carbocycles. The first kappa shape index (κ1) is 13.4. The van der Waals surface area contributed by atoms with Crippen LogP contribution in [0.4, 0.5) is 11.5 Å². The molecule has 3 rings (SSSR count). The molecule has 0 aliphatic carbocycles. The summed E-state index contributed by atoms with van der Waals surface area (Å²) in [6.07, 6.45) is 5.03. The molecule has 0 saturated carbocycles. The van der Waals surface area contributed by atoms with E-state index >= 15 is 0 Å². The van der Waals surface area contributed by atoms with E-state index in [1.54, 1.807) is 6.20 Å². The van der Waals surface area contributed by atoms with E-state index in [1.807, 2.05) is 24.5 Å². The van der Waals surface area contributed by atoms with Crippen LogP contribution in [0.15, 0.2) is 35.7 Å². The second-order valence-corrected chi connectivity index (χ2v) is 5.05. The minimum Gasteiger partial charge on any atom is -0.365 e. The van der Waals surface area contributed by atoms with Crippen LogP contribution in [0.2, 0.25) is 0 Å². The van der Waals surface area contributed by atoms with Gasteiger partial charge in [0.1, 0.15) is 11.4 Å². The number of carbonyl (C=O) groups excluding carboxylic acids is 1. The van der Waals surface area contributed by atoms with Gasteiger partial charge in [-0.25, -0.2) is 9.97 Å². The molecule has 1 amide bonds. The van der Waals surface area contributed by atoms with Gasteiger partial charge in [0, 0.05) is 17.3 Å². The summed E-state index contributed by atoms with van der Waals surface area (Å²) in [6, 6.07) is 5.68. The molecule has 4 N–H and O–H groups in total. The average Bonchev–Trinajstić information content (AvgIpc) is 2.94. The summed E-state index contributed by atoms with van der Waals surface area (Å²) in [4.78, 5) is 19.8. The van der Waals surface area contributed by atoms with Crippen LogP contribution in [0.25, 0.3) is 10.9 Å². The molecule has 0 atom stereocenters. The van der Waals surface area contributed by atoms with Crippen LogP contribution in [-0.4, -0.2) is 32.3 Å². The predicted octanol–water partition coefficient (Wildman–Crippen LogP) is 1.92. The van der Waals surface area contributed by atoms with Gasteiger partial charge in [0.2, 0.25) is 0 Å². The third kappa shape index (κ3) is 2.65. The van der Waals surface area contributed by atoms with Crippen molar-refractivity contribution in [3.8, 4) is 0 Å². The highest BCUT2D eigenvalue weighted by atomic mass is 32.2. The molecule has 0 fully saturated rings. The van der Waals surface area contributed by atoms with Crippen LogP contribution in [0.1, 0.15) is 10.4 Å². The van der Waals surface area contributed by atoms with E-state index in [-0.39, 0.29) is 5.56 Å². The number of amides is 1. The monoisotopic (exact) mass is 300 g/mol. The zero-order valence-electron chi connectivity index (χ0n) is 11.1. The third-order valence-corrected chi connectivity index (χ3v) is 3.48. The minimum absolute atomic E-state index is 0.248. The first-order valence-electron chi connectivity index (χ1n) is 6.08. The van der Waals surface area contributed by atoms with E-state index in [2.05, 4.69) is 25.5 Å². The maximum Gasteiger partial charge on any atom is 0.254 e. The Bertz CT molecular complexity index is 815. The Labute approximate surface area is 124 Å². The summed E-state index contributed by atoms with van der Waals surface area (Å²) in [5.74, 6) is -0.187. The Hall–Kier alpha value is -2.61. The molecular formula is C13H12N6OS. The maximum atomic E-state index is 11.5. The maximum absolute atomic E-state index is 11.5. The number of carbonyl (C=O) groups is 1. The van der Waals surface area contributed by atoms with E-state index in [4.69, 9.17) is 5.73 Å². The molecule has 2 heterocycles. The number of fused-ring (bicyclic) bond motifs is 1. The van der Waals surface area contributed by atoms with Gasteiger partial charge >= 0.3 is 0 Å². The molecule has 7 nitrogen and oxygen atoms in total. The molecule has 0 unspecified atom stereocenters. The van der Waals surface area contributed by atoms with E-state index in [9.17, 15) is 4.79 Å². The lowest BCUT2D eigenvalue weighted by Crippen LogP contribution is -2.15. The molecule has 21 heavy (non-hydrogen) atoms. The molecule has 3 aromatic rings. The van der Waals surface area contributed by atoms with Gasteiger partial charge in [-0.3, -0.25) is 9.89 Å². The van der Waals surface area contributed by atoms with Gasteiger partial charge in [-0.2, -0.15) is 5.10 Å². The number of rotatable bonds is 4. The van der Waals surface area contributed by atoms with Crippen molar-refractivity contribution in [3.63, 3.8) is 0 Å². The summed E-state index contributed by atoms with van der Waals surface area (Å²) in [7, 11) is 0. The minimum atomic E-state index is -0.576. The van der Waals surface area contributed by atoms with Crippen molar-refractivity contribution in [2.45, 2.75) is 5.16 Å². The van der Waals surface area contributed by atoms with Crippen LogP contribution in [0, 0.1) is 0 Å². The molecule has 0 radical (unpaired) electrons. The second-order valence-electron chi connectivity index (χ2n) is 4.28. The highest BCUT2D eigenvalue weighted by Gasteiger charge is 2.12. The van der Waals surface area contributed by atoms with Crippen molar-refractivity contribution in [3.05, 3.63) is 36.2 Å². The normalized spacial score (nSPS) is 10.7. The Morgan fingerprint density at radius 2 is 2.24 bits per heavy atom. The van der Waals surface area contributed by atoms with Gasteiger partial charge in [0.05, 0.1) is 11.7 Å². The summed E-state index contributed by atoms with van der Waals surface area (Å²) in [5, 5.41) is 11.5. The SMILES string of the molecule is CSc1ncc(C(N)=O)c(Nc2ccc3cn[nH]c3c2)n1. The van der Waals surface area contributed by atoms with E-state index in [0.29, 0.717) is 11.0 Å².